The van der Waals surface area contributed by atoms with Crippen molar-refractivity contribution in [2.45, 2.75) is 44.2 Å². The van der Waals surface area contributed by atoms with Crippen LogP contribution < -0.4 is 24.0 Å². The van der Waals surface area contributed by atoms with E-state index < -0.39 is 6.04 Å². The number of hydrogen-bond donors (Lipinski definition) is 0. The molecule has 2 saturated heterocycles. The lowest BCUT2D eigenvalue weighted by Crippen LogP contribution is -3.00. The summed E-state index contributed by atoms with van der Waals surface area (Å²) in [5.41, 5.74) is 1.42. The zero-order valence-corrected chi connectivity index (χ0v) is 18.9. The zero-order chi connectivity index (χ0) is 18.9. The summed E-state index contributed by atoms with van der Waals surface area (Å²) >= 11 is 0. The van der Waals surface area contributed by atoms with Crippen molar-refractivity contribution in [3.05, 3.63) is 30.0 Å². The highest BCUT2D eigenvalue weighted by Crippen LogP contribution is 2.32. The van der Waals surface area contributed by atoms with Gasteiger partial charge in [-0.25, -0.2) is 4.79 Å². The molecule has 0 bridgehead atoms. The maximum absolute atomic E-state index is 13.3. The van der Waals surface area contributed by atoms with Gasteiger partial charge in [0, 0.05) is 18.2 Å². The van der Waals surface area contributed by atoms with Gasteiger partial charge in [-0.15, -0.1) is 0 Å². The third-order valence-electron chi connectivity index (χ3n) is 6.04. The summed E-state index contributed by atoms with van der Waals surface area (Å²) in [6.45, 7) is 3.88. The molecule has 1 aromatic carbocycles. The van der Waals surface area contributed by atoms with Crippen molar-refractivity contribution in [1.82, 2.24) is 10.1 Å². The normalized spacial score (nSPS) is 21.8. The minimum Gasteiger partial charge on any atom is -1.00 e. The average molecular weight is 499 g/mol. The van der Waals surface area contributed by atoms with Crippen LogP contribution in [0.1, 0.15) is 43.8 Å². The van der Waals surface area contributed by atoms with Crippen LogP contribution in [0.15, 0.2) is 28.8 Å². The minimum absolute atomic E-state index is 0. The predicted octanol–water partition coefficient (Wildman–Crippen LogP) is 0.141. The summed E-state index contributed by atoms with van der Waals surface area (Å²) in [5.74, 6) is -0.173. The number of esters is 1. The quantitative estimate of drug-likeness (QED) is 0.341. The smallest absolute Gasteiger partial charge is 0.330 e. The molecular formula is C21H30IN3O3. The Hall–Kier alpha value is -1.19. The van der Waals surface area contributed by atoms with Gasteiger partial charge in [0.1, 0.15) is 11.8 Å². The lowest BCUT2D eigenvalue weighted by molar-refractivity contribution is -0.896. The number of likely N-dealkylation sites (tertiary alicyclic amines) is 2. The predicted molar refractivity (Wildman–Crippen MR) is 103 cm³/mol. The van der Waals surface area contributed by atoms with E-state index in [1.165, 1.54) is 6.42 Å². The first-order valence-corrected chi connectivity index (χ1v) is 10.1. The number of ether oxygens (including phenoxy) is 1. The van der Waals surface area contributed by atoms with E-state index in [4.69, 9.17) is 9.26 Å². The Bertz CT molecular complexity index is 791. The van der Waals surface area contributed by atoms with E-state index in [-0.39, 0.29) is 36.0 Å². The molecule has 2 aromatic rings. The van der Waals surface area contributed by atoms with Crippen molar-refractivity contribution >= 4 is 16.9 Å². The topological polar surface area (TPSA) is 55.6 Å². The van der Waals surface area contributed by atoms with Crippen LogP contribution in [0.4, 0.5) is 0 Å². The van der Waals surface area contributed by atoms with Gasteiger partial charge >= 0.3 is 5.97 Å². The Balaban J connectivity index is 0.00000225. The van der Waals surface area contributed by atoms with Crippen LogP contribution in [0.2, 0.25) is 0 Å². The number of benzene rings is 1. The van der Waals surface area contributed by atoms with Crippen molar-refractivity contribution in [3.63, 3.8) is 0 Å². The molecule has 154 valence electrons. The van der Waals surface area contributed by atoms with Crippen LogP contribution in [0.5, 0.6) is 0 Å². The number of carbonyl (C=O) groups is 1. The molecule has 2 aliphatic heterocycles. The second-order valence-corrected chi connectivity index (χ2v) is 8.58. The van der Waals surface area contributed by atoms with Gasteiger partial charge < -0.3 is 37.7 Å². The molecule has 0 saturated carbocycles. The fourth-order valence-corrected chi connectivity index (χ4v) is 4.30. The third kappa shape index (κ3) is 4.68. The van der Waals surface area contributed by atoms with Crippen molar-refractivity contribution < 1.29 is 42.5 Å². The van der Waals surface area contributed by atoms with Gasteiger partial charge in [0.15, 0.2) is 11.6 Å². The summed E-state index contributed by atoms with van der Waals surface area (Å²) in [5, 5.41) is 5.20. The number of hydrogen-bond acceptors (Lipinski definition) is 5. The molecule has 1 atom stereocenters. The SMILES string of the molecule is C[N+]1(C)CCC(OC(=O)C(c2noc3ccccc23)N2CCCCC2)CC1.[I-]. The van der Waals surface area contributed by atoms with Gasteiger partial charge in [0.25, 0.3) is 0 Å². The lowest BCUT2D eigenvalue weighted by atomic mass is 10.0. The Labute approximate surface area is 183 Å². The van der Waals surface area contributed by atoms with Crippen LogP contribution in [0, 0.1) is 0 Å². The van der Waals surface area contributed by atoms with E-state index in [0.717, 1.165) is 67.3 Å². The molecule has 0 spiro atoms. The third-order valence-corrected chi connectivity index (χ3v) is 6.04. The molecular weight excluding hydrogens is 469 g/mol. The van der Waals surface area contributed by atoms with Crippen molar-refractivity contribution in [2.75, 3.05) is 40.3 Å². The van der Waals surface area contributed by atoms with Gasteiger partial charge in [-0.3, -0.25) is 4.90 Å². The number of fused-ring (bicyclic) bond motifs is 1. The van der Waals surface area contributed by atoms with Crippen LogP contribution in [-0.4, -0.2) is 66.9 Å². The zero-order valence-electron chi connectivity index (χ0n) is 16.8. The molecule has 7 heteroatoms. The number of carbonyl (C=O) groups excluding carboxylic acids is 1. The molecule has 2 aliphatic rings. The van der Waals surface area contributed by atoms with Crippen LogP contribution in [0.25, 0.3) is 11.0 Å². The van der Waals surface area contributed by atoms with Gasteiger partial charge in [0.2, 0.25) is 0 Å². The second-order valence-electron chi connectivity index (χ2n) is 8.58. The molecule has 28 heavy (non-hydrogen) atoms. The number of para-hydroxylation sites is 1. The number of aromatic nitrogens is 1. The summed E-state index contributed by atoms with van der Waals surface area (Å²) in [6.07, 6.45) is 5.28. The van der Waals surface area contributed by atoms with E-state index in [2.05, 4.69) is 24.2 Å². The molecule has 0 aliphatic carbocycles. The maximum atomic E-state index is 13.3. The molecule has 1 aromatic heterocycles. The van der Waals surface area contributed by atoms with Crippen molar-refractivity contribution in [2.24, 2.45) is 0 Å². The monoisotopic (exact) mass is 499 g/mol. The largest absolute Gasteiger partial charge is 1.00 e. The first-order valence-electron chi connectivity index (χ1n) is 10.1. The van der Waals surface area contributed by atoms with Gasteiger partial charge in [-0.2, -0.15) is 0 Å². The first-order chi connectivity index (χ1) is 13.0. The Morgan fingerprint density at radius 1 is 1.18 bits per heavy atom. The number of rotatable bonds is 4. The van der Waals surface area contributed by atoms with Crippen LogP contribution in [-0.2, 0) is 9.53 Å². The average Bonchev–Trinajstić information content (AvgIpc) is 3.09. The van der Waals surface area contributed by atoms with Crippen LogP contribution >= 0.6 is 0 Å². The standard InChI is InChI=1S/C21H30N3O3.HI/c1-24(2)14-10-16(11-15-24)26-21(25)20(23-12-6-3-7-13-23)19-17-8-4-5-9-18(17)27-22-19;/h4-5,8-9,16,20H,3,6-7,10-15H2,1-2H3;1H/q+1;/p-1. The number of halogens is 1. The van der Waals surface area contributed by atoms with Gasteiger partial charge in [-0.05, 0) is 38.1 Å². The van der Waals surface area contributed by atoms with Crippen LogP contribution in [0.3, 0.4) is 0 Å². The highest BCUT2D eigenvalue weighted by molar-refractivity contribution is 5.87. The lowest BCUT2D eigenvalue weighted by Gasteiger charge is -2.38. The number of nitrogens with zero attached hydrogens (tertiary/aromatic N) is 3. The van der Waals surface area contributed by atoms with E-state index in [9.17, 15) is 4.79 Å². The number of quaternary nitrogens is 1. The second kappa shape index (κ2) is 9.09. The van der Waals surface area contributed by atoms with E-state index in [1.54, 1.807) is 0 Å². The fraction of sp³-hybridized carbons (Fsp3) is 0.619. The maximum Gasteiger partial charge on any atom is 0.330 e. The fourth-order valence-electron chi connectivity index (χ4n) is 4.30. The van der Waals surface area contributed by atoms with Gasteiger partial charge in [-0.1, -0.05) is 23.7 Å². The Morgan fingerprint density at radius 2 is 1.86 bits per heavy atom. The molecule has 4 rings (SSSR count). The highest BCUT2D eigenvalue weighted by Gasteiger charge is 2.37. The van der Waals surface area contributed by atoms with Crippen molar-refractivity contribution in [3.8, 4) is 0 Å². The molecule has 1 unspecified atom stereocenters. The molecule has 0 radical (unpaired) electrons. The number of piperidine rings is 2. The van der Waals surface area contributed by atoms with E-state index in [0.29, 0.717) is 5.69 Å². The van der Waals surface area contributed by atoms with Gasteiger partial charge in [0.05, 0.1) is 27.2 Å². The first kappa shape index (κ1) is 21.5. The molecule has 6 nitrogen and oxygen atoms in total. The Morgan fingerprint density at radius 3 is 2.57 bits per heavy atom. The van der Waals surface area contributed by atoms with E-state index >= 15 is 0 Å². The summed E-state index contributed by atoms with van der Waals surface area (Å²) in [4.78, 5) is 15.5. The Kier molecular flexibility index (Phi) is 6.98. The molecule has 2 fully saturated rings. The minimum atomic E-state index is -0.474. The van der Waals surface area contributed by atoms with E-state index in [1.807, 2.05) is 24.3 Å². The summed E-state index contributed by atoms with van der Waals surface area (Å²) in [7, 11) is 4.46. The highest BCUT2D eigenvalue weighted by atomic mass is 127. The summed E-state index contributed by atoms with van der Waals surface area (Å²) in [6, 6.07) is 7.28. The molecule has 0 N–H and O–H groups in total. The van der Waals surface area contributed by atoms with Crippen molar-refractivity contribution in [1.29, 1.82) is 0 Å². The molecule has 3 heterocycles. The summed E-state index contributed by atoms with van der Waals surface area (Å²) < 4.78 is 12.5. The molecule has 0 amide bonds.